The van der Waals surface area contributed by atoms with Gasteiger partial charge in [0.1, 0.15) is 0 Å². The third-order valence-electron chi connectivity index (χ3n) is 2.83. The molecule has 0 aliphatic rings. The van der Waals surface area contributed by atoms with Crippen LogP contribution in [0.2, 0.25) is 0 Å². The van der Waals surface area contributed by atoms with Crippen LogP contribution in [0.1, 0.15) is 37.7 Å². The van der Waals surface area contributed by atoms with E-state index in [4.69, 9.17) is 4.42 Å². The molecule has 0 aliphatic carbocycles. The molecule has 3 heteroatoms. The Bertz CT molecular complexity index is 315. The zero-order valence-electron chi connectivity index (χ0n) is 9.20. The van der Waals surface area contributed by atoms with E-state index in [0.29, 0.717) is 5.76 Å². The number of hydrogen-bond donors (Lipinski definition) is 0. The van der Waals surface area contributed by atoms with Gasteiger partial charge < -0.3 is 9.32 Å². The fraction of sp³-hybridized carbons (Fsp3) is 0.545. The topological polar surface area (TPSA) is 33.5 Å². The Morgan fingerprint density at radius 1 is 1.50 bits per heavy atom. The highest BCUT2D eigenvalue weighted by atomic mass is 16.4. The van der Waals surface area contributed by atoms with Crippen LogP contribution in [-0.4, -0.2) is 18.9 Å². The van der Waals surface area contributed by atoms with E-state index in [1.165, 1.54) is 0 Å². The summed E-state index contributed by atoms with van der Waals surface area (Å²) in [5, 5.41) is 0. The summed E-state index contributed by atoms with van der Waals surface area (Å²) in [5.74, 6) is 1.11. The first-order valence-electron chi connectivity index (χ1n) is 4.80. The van der Waals surface area contributed by atoms with Crippen LogP contribution in [0.5, 0.6) is 0 Å². The summed E-state index contributed by atoms with van der Waals surface area (Å²) in [5.41, 5.74) is 0.0397. The second-order valence-electron chi connectivity index (χ2n) is 4.02. The number of nitrogens with zero attached hydrogens (tertiary/aromatic N) is 1. The number of rotatable bonds is 4. The zero-order chi connectivity index (χ0) is 10.8. The SMILES string of the molecule is CCC(C)(C)N(C)c1ccc(C=O)o1. The second-order valence-corrected chi connectivity index (χ2v) is 4.02. The van der Waals surface area contributed by atoms with E-state index >= 15 is 0 Å². The maximum Gasteiger partial charge on any atom is 0.196 e. The minimum atomic E-state index is 0.0397. The minimum absolute atomic E-state index is 0.0397. The van der Waals surface area contributed by atoms with Gasteiger partial charge >= 0.3 is 0 Å². The smallest absolute Gasteiger partial charge is 0.196 e. The largest absolute Gasteiger partial charge is 0.438 e. The molecule has 0 fully saturated rings. The Hall–Kier alpha value is -1.25. The number of furan rings is 1. The Morgan fingerprint density at radius 2 is 2.14 bits per heavy atom. The van der Waals surface area contributed by atoms with Crippen molar-refractivity contribution in [3.05, 3.63) is 17.9 Å². The molecule has 0 bridgehead atoms. The molecule has 0 aromatic carbocycles. The van der Waals surface area contributed by atoms with Gasteiger partial charge in [0.15, 0.2) is 17.9 Å². The average Bonchev–Trinajstić information content (AvgIpc) is 2.64. The lowest BCUT2D eigenvalue weighted by Gasteiger charge is -2.34. The molecule has 0 unspecified atom stereocenters. The van der Waals surface area contributed by atoms with Crippen LogP contribution in [0.3, 0.4) is 0 Å². The van der Waals surface area contributed by atoms with Crippen LogP contribution >= 0.6 is 0 Å². The number of carbonyl (C=O) groups is 1. The highest BCUT2D eigenvalue weighted by Gasteiger charge is 2.23. The fourth-order valence-corrected chi connectivity index (χ4v) is 1.12. The van der Waals surface area contributed by atoms with Crippen molar-refractivity contribution >= 4 is 12.2 Å². The quantitative estimate of drug-likeness (QED) is 0.692. The minimum Gasteiger partial charge on any atom is -0.438 e. The van der Waals surface area contributed by atoms with Crippen LogP contribution in [0.15, 0.2) is 16.5 Å². The molecule has 0 saturated heterocycles. The summed E-state index contributed by atoms with van der Waals surface area (Å²) in [7, 11) is 1.97. The average molecular weight is 195 g/mol. The third-order valence-corrected chi connectivity index (χ3v) is 2.83. The fourth-order valence-electron chi connectivity index (χ4n) is 1.12. The summed E-state index contributed by atoms with van der Waals surface area (Å²) in [6.45, 7) is 6.40. The molecule has 1 aromatic rings. The Morgan fingerprint density at radius 3 is 2.57 bits per heavy atom. The number of anilines is 1. The molecule has 0 radical (unpaired) electrons. The zero-order valence-corrected chi connectivity index (χ0v) is 9.20. The van der Waals surface area contributed by atoms with Crippen molar-refractivity contribution in [2.24, 2.45) is 0 Å². The molecule has 78 valence electrons. The molecular weight excluding hydrogens is 178 g/mol. The van der Waals surface area contributed by atoms with E-state index in [1.807, 2.05) is 18.0 Å². The molecule has 0 amide bonds. The van der Waals surface area contributed by atoms with E-state index in [-0.39, 0.29) is 5.54 Å². The van der Waals surface area contributed by atoms with Crippen molar-refractivity contribution in [1.82, 2.24) is 0 Å². The van der Waals surface area contributed by atoms with Crippen molar-refractivity contribution in [2.75, 3.05) is 11.9 Å². The maximum absolute atomic E-state index is 10.4. The lowest BCUT2D eigenvalue weighted by atomic mass is 10.0. The monoisotopic (exact) mass is 195 g/mol. The van der Waals surface area contributed by atoms with E-state index in [2.05, 4.69) is 20.8 Å². The number of aldehydes is 1. The highest BCUT2D eigenvalue weighted by Crippen LogP contribution is 2.25. The first kappa shape index (κ1) is 10.8. The Kier molecular flexibility index (Phi) is 2.99. The number of hydrogen-bond acceptors (Lipinski definition) is 3. The lowest BCUT2D eigenvalue weighted by Crippen LogP contribution is -2.40. The van der Waals surface area contributed by atoms with E-state index < -0.39 is 0 Å². The molecule has 14 heavy (non-hydrogen) atoms. The van der Waals surface area contributed by atoms with Gasteiger partial charge in [-0.05, 0) is 26.3 Å². The summed E-state index contributed by atoms with van der Waals surface area (Å²) in [6.07, 6.45) is 1.73. The summed E-state index contributed by atoms with van der Waals surface area (Å²) >= 11 is 0. The maximum atomic E-state index is 10.4. The van der Waals surface area contributed by atoms with Crippen LogP contribution < -0.4 is 4.90 Å². The first-order valence-corrected chi connectivity index (χ1v) is 4.80. The molecular formula is C11H17NO2. The Balaban J connectivity index is 2.88. The van der Waals surface area contributed by atoms with E-state index in [1.54, 1.807) is 6.07 Å². The first-order chi connectivity index (χ1) is 6.51. The van der Waals surface area contributed by atoms with Gasteiger partial charge in [-0.1, -0.05) is 6.92 Å². The van der Waals surface area contributed by atoms with Crippen molar-refractivity contribution in [1.29, 1.82) is 0 Å². The molecule has 1 aromatic heterocycles. The van der Waals surface area contributed by atoms with Crippen molar-refractivity contribution in [2.45, 2.75) is 32.7 Å². The highest BCUT2D eigenvalue weighted by molar-refractivity contribution is 5.71. The molecule has 3 nitrogen and oxygen atoms in total. The third kappa shape index (κ3) is 1.97. The Labute approximate surface area is 84.7 Å². The second kappa shape index (κ2) is 3.86. The molecule has 1 heterocycles. The van der Waals surface area contributed by atoms with E-state index in [0.717, 1.165) is 18.6 Å². The van der Waals surface area contributed by atoms with Gasteiger partial charge in [-0.15, -0.1) is 0 Å². The van der Waals surface area contributed by atoms with Crippen LogP contribution in [0.25, 0.3) is 0 Å². The van der Waals surface area contributed by atoms with Crippen LogP contribution in [0, 0.1) is 0 Å². The molecule has 0 saturated carbocycles. The van der Waals surface area contributed by atoms with Crippen molar-refractivity contribution in [3.63, 3.8) is 0 Å². The van der Waals surface area contributed by atoms with Crippen LogP contribution in [0.4, 0.5) is 5.88 Å². The van der Waals surface area contributed by atoms with Crippen LogP contribution in [-0.2, 0) is 0 Å². The standard InChI is InChI=1S/C11H17NO2/c1-5-11(2,3)12(4)10-7-6-9(8-13)14-10/h6-8H,5H2,1-4H3. The number of carbonyl (C=O) groups excluding carboxylic acids is 1. The predicted molar refractivity (Wildman–Crippen MR) is 56.9 cm³/mol. The van der Waals surface area contributed by atoms with Crippen molar-refractivity contribution < 1.29 is 9.21 Å². The molecule has 1 rings (SSSR count). The molecule has 0 spiro atoms. The summed E-state index contributed by atoms with van der Waals surface area (Å²) in [6, 6.07) is 3.51. The van der Waals surface area contributed by atoms with Gasteiger partial charge in [-0.2, -0.15) is 0 Å². The van der Waals surface area contributed by atoms with Gasteiger partial charge in [0, 0.05) is 18.7 Å². The summed E-state index contributed by atoms with van der Waals surface area (Å²) in [4.78, 5) is 12.5. The predicted octanol–water partition coefficient (Wildman–Crippen LogP) is 2.72. The molecule has 0 atom stereocenters. The van der Waals surface area contributed by atoms with Gasteiger partial charge in [0.25, 0.3) is 0 Å². The van der Waals surface area contributed by atoms with Gasteiger partial charge in [-0.25, -0.2) is 0 Å². The molecule has 0 aliphatic heterocycles. The lowest BCUT2D eigenvalue weighted by molar-refractivity contribution is 0.110. The van der Waals surface area contributed by atoms with Crippen molar-refractivity contribution in [3.8, 4) is 0 Å². The van der Waals surface area contributed by atoms with Gasteiger partial charge in [-0.3, -0.25) is 4.79 Å². The molecule has 0 N–H and O–H groups in total. The van der Waals surface area contributed by atoms with Gasteiger partial charge in [0.2, 0.25) is 0 Å². The van der Waals surface area contributed by atoms with Gasteiger partial charge in [0.05, 0.1) is 0 Å². The normalized spacial score (nSPS) is 11.4. The van der Waals surface area contributed by atoms with E-state index in [9.17, 15) is 4.79 Å². The summed E-state index contributed by atoms with van der Waals surface area (Å²) < 4.78 is 5.34.